The number of hydrogen-bond acceptors (Lipinski definition) is 6. The SMILES string of the molecule is C=C=C/C(=C1/NC(N2CCC(N)CC2)=NC(=NCc2c(Cl)cccc2/C(=C/C(=NC)C(C)(C)O)C(=C)C)N1C)C(C)C. The molecule has 0 radical (unpaired) electrons. The molecule has 0 aromatic heterocycles. The van der Waals surface area contributed by atoms with Gasteiger partial charge in [0.15, 0.2) is 0 Å². The normalized spacial score (nSPS) is 19.5. The van der Waals surface area contributed by atoms with Gasteiger partial charge in [-0.2, -0.15) is 4.99 Å². The third-order valence-electron chi connectivity index (χ3n) is 7.46. The molecule has 9 heteroatoms. The summed E-state index contributed by atoms with van der Waals surface area (Å²) in [5.41, 5.74) is 13.0. The summed E-state index contributed by atoms with van der Waals surface area (Å²) in [5.74, 6) is 2.40. The summed E-state index contributed by atoms with van der Waals surface area (Å²) in [5, 5.41) is 14.8. The maximum atomic E-state index is 10.7. The van der Waals surface area contributed by atoms with Crippen molar-refractivity contribution in [3.8, 4) is 0 Å². The van der Waals surface area contributed by atoms with Gasteiger partial charge in [0.25, 0.3) is 0 Å². The Labute approximate surface area is 256 Å². The van der Waals surface area contributed by atoms with Gasteiger partial charge >= 0.3 is 0 Å². The van der Waals surface area contributed by atoms with Crippen LogP contribution in [-0.4, -0.2) is 71.4 Å². The van der Waals surface area contributed by atoms with Gasteiger partial charge in [-0.05, 0) is 68.9 Å². The zero-order valence-corrected chi connectivity index (χ0v) is 26.9. The summed E-state index contributed by atoms with van der Waals surface area (Å²) in [6.45, 7) is 19.6. The fourth-order valence-corrected chi connectivity index (χ4v) is 5.21. The second-order valence-corrected chi connectivity index (χ2v) is 12.0. The number of benzene rings is 1. The molecule has 1 fully saturated rings. The Morgan fingerprint density at radius 1 is 1.33 bits per heavy atom. The summed E-state index contributed by atoms with van der Waals surface area (Å²) in [7, 11) is 3.62. The molecule has 2 aliphatic rings. The van der Waals surface area contributed by atoms with Gasteiger partial charge in [0, 0.05) is 49.4 Å². The van der Waals surface area contributed by atoms with Crippen LogP contribution in [0.1, 0.15) is 58.6 Å². The lowest BCUT2D eigenvalue weighted by Crippen LogP contribution is -2.53. The number of likely N-dealkylation sites (tertiary alicyclic amines) is 1. The maximum absolute atomic E-state index is 10.7. The molecule has 3 rings (SSSR count). The number of rotatable bonds is 8. The molecule has 0 amide bonds. The fraction of sp³-hybridized carbons (Fsp3) is 0.455. The van der Waals surface area contributed by atoms with Crippen molar-refractivity contribution in [1.29, 1.82) is 0 Å². The molecule has 42 heavy (non-hydrogen) atoms. The van der Waals surface area contributed by atoms with E-state index in [4.69, 9.17) is 27.3 Å². The number of nitrogens with zero attached hydrogens (tertiary/aromatic N) is 5. The van der Waals surface area contributed by atoms with E-state index < -0.39 is 5.60 Å². The number of halogens is 1. The Morgan fingerprint density at radius 3 is 2.55 bits per heavy atom. The largest absolute Gasteiger partial charge is 0.384 e. The van der Waals surface area contributed by atoms with Crippen molar-refractivity contribution in [3.05, 3.63) is 82.4 Å². The van der Waals surface area contributed by atoms with E-state index in [2.05, 4.69) is 47.9 Å². The summed E-state index contributed by atoms with van der Waals surface area (Å²) >= 11 is 6.80. The lowest BCUT2D eigenvalue weighted by atomic mass is 9.91. The number of guanidine groups is 2. The Hall–Kier alpha value is -3.42. The topological polar surface area (TPSA) is 102 Å². The van der Waals surface area contributed by atoms with Crippen LogP contribution in [0.25, 0.3) is 5.57 Å². The van der Waals surface area contributed by atoms with Gasteiger partial charge in [0.2, 0.25) is 11.9 Å². The number of aliphatic hydroxyl groups is 1. The Morgan fingerprint density at radius 2 is 2.00 bits per heavy atom. The molecule has 8 nitrogen and oxygen atoms in total. The zero-order chi connectivity index (χ0) is 31.2. The summed E-state index contributed by atoms with van der Waals surface area (Å²) in [6, 6.07) is 5.96. The van der Waals surface area contributed by atoms with Crippen LogP contribution in [0.3, 0.4) is 0 Å². The number of aliphatic imine (C=N–C) groups is 3. The summed E-state index contributed by atoms with van der Waals surface area (Å²) in [6.07, 6.45) is 5.58. The standard InChI is InChI=1S/C33H46ClN7O/c1-10-12-24(21(2)3)30-38-32(41-17-15-23(35)16-18-41)39-31(40(30)9)37-20-27-25(13-11-14-28(27)34)26(22(4)5)19-29(36-8)33(6,7)42/h11-14,19,21,23,42H,1,4,15-18,20,35H2,2-3,5-9H3,(H,37,38,39)/b26-19+,30-24+,36-29?. The maximum Gasteiger partial charge on any atom is 0.229 e. The number of nitrogens with two attached hydrogens (primary N) is 1. The average molecular weight is 592 g/mol. The number of nitrogens with one attached hydrogen (secondary N) is 1. The molecule has 2 aliphatic heterocycles. The van der Waals surface area contributed by atoms with E-state index >= 15 is 0 Å². The van der Waals surface area contributed by atoms with E-state index in [1.54, 1.807) is 20.9 Å². The minimum absolute atomic E-state index is 0.204. The third-order valence-corrected chi connectivity index (χ3v) is 7.81. The Kier molecular flexibility index (Phi) is 11.2. The van der Waals surface area contributed by atoms with Crippen molar-refractivity contribution in [2.75, 3.05) is 27.2 Å². The minimum atomic E-state index is -1.12. The van der Waals surface area contributed by atoms with E-state index in [-0.39, 0.29) is 18.5 Å². The molecule has 1 aromatic carbocycles. The molecule has 0 saturated carbocycles. The fourth-order valence-electron chi connectivity index (χ4n) is 4.98. The first-order chi connectivity index (χ1) is 19.8. The van der Waals surface area contributed by atoms with Crippen LogP contribution in [0.15, 0.2) is 81.2 Å². The van der Waals surface area contributed by atoms with Crippen molar-refractivity contribution in [1.82, 2.24) is 15.1 Å². The zero-order valence-electron chi connectivity index (χ0n) is 26.1. The molecule has 0 unspecified atom stereocenters. The first kappa shape index (κ1) is 33.1. The van der Waals surface area contributed by atoms with E-state index in [0.717, 1.165) is 65.6 Å². The molecule has 2 heterocycles. The summed E-state index contributed by atoms with van der Waals surface area (Å²) in [4.78, 5) is 18.5. The van der Waals surface area contributed by atoms with Gasteiger partial charge in [-0.1, -0.05) is 56.3 Å². The van der Waals surface area contributed by atoms with Crippen molar-refractivity contribution in [2.45, 2.75) is 65.6 Å². The first-order valence-electron chi connectivity index (χ1n) is 14.4. The second kappa shape index (κ2) is 14.2. The smallest absolute Gasteiger partial charge is 0.229 e. The van der Waals surface area contributed by atoms with Crippen LogP contribution in [0.4, 0.5) is 0 Å². The van der Waals surface area contributed by atoms with Crippen molar-refractivity contribution in [3.63, 3.8) is 0 Å². The first-order valence-corrected chi connectivity index (χ1v) is 14.8. The molecule has 4 N–H and O–H groups in total. The van der Waals surface area contributed by atoms with Gasteiger partial charge in [0.05, 0.1) is 12.3 Å². The highest BCUT2D eigenvalue weighted by Gasteiger charge is 2.29. The van der Waals surface area contributed by atoms with Crippen LogP contribution in [0.2, 0.25) is 5.02 Å². The molecule has 0 spiro atoms. The molecule has 0 aliphatic carbocycles. The highest BCUT2D eigenvalue weighted by molar-refractivity contribution is 6.31. The van der Waals surface area contributed by atoms with Gasteiger partial charge < -0.3 is 21.1 Å². The second-order valence-electron chi connectivity index (χ2n) is 11.6. The van der Waals surface area contributed by atoms with Gasteiger partial charge in [-0.3, -0.25) is 9.89 Å². The quantitative estimate of drug-likeness (QED) is 0.210. The number of hydrogen-bond donors (Lipinski definition) is 3. The monoisotopic (exact) mass is 591 g/mol. The van der Waals surface area contributed by atoms with Crippen molar-refractivity contribution >= 4 is 34.8 Å². The van der Waals surface area contributed by atoms with Gasteiger partial charge in [0.1, 0.15) is 11.4 Å². The molecular formula is C33H46ClN7O. The van der Waals surface area contributed by atoms with E-state index in [0.29, 0.717) is 16.7 Å². The van der Waals surface area contributed by atoms with Crippen molar-refractivity contribution in [2.24, 2.45) is 26.6 Å². The molecule has 1 aromatic rings. The number of allylic oxidation sites excluding steroid dienone is 4. The highest BCUT2D eigenvalue weighted by atomic mass is 35.5. The molecular weight excluding hydrogens is 546 g/mol. The predicted octanol–water partition coefficient (Wildman–Crippen LogP) is 5.52. The van der Waals surface area contributed by atoms with Crippen LogP contribution >= 0.6 is 11.6 Å². The van der Waals surface area contributed by atoms with Crippen LogP contribution < -0.4 is 11.1 Å². The van der Waals surface area contributed by atoms with Crippen LogP contribution in [-0.2, 0) is 6.54 Å². The molecule has 226 valence electrons. The minimum Gasteiger partial charge on any atom is -0.384 e. The predicted molar refractivity (Wildman–Crippen MR) is 178 cm³/mol. The van der Waals surface area contributed by atoms with Crippen molar-refractivity contribution < 1.29 is 5.11 Å². The highest BCUT2D eigenvalue weighted by Crippen LogP contribution is 2.32. The van der Waals surface area contributed by atoms with Crippen LogP contribution in [0.5, 0.6) is 0 Å². The lowest BCUT2D eigenvalue weighted by molar-refractivity contribution is 0.155. The van der Waals surface area contributed by atoms with E-state index in [1.165, 1.54) is 0 Å². The average Bonchev–Trinajstić information content (AvgIpc) is 2.92. The third kappa shape index (κ3) is 7.90. The molecule has 0 atom stereocenters. The van der Waals surface area contributed by atoms with Crippen LogP contribution in [0, 0.1) is 5.92 Å². The summed E-state index contributed by atoms with van der Waals surface area (Å²) < 4.78 is 0. The Balaban J connectivity index is 2.15. The van der Waals surface area contributed by atoms with Gasteiger partial charge in [-0.15, -0.1) is 5.73 Å². The molecule has 0 bridgehead atoms. The lowest BCUT2D eigenvalue weighted by Gasteiger charge is -2.38. The Bertz CT molecular complexity index is 1380. The van der Waals surface area contributed by atoms with E-state index in [9.17, 15) is 5.11 Å². The number of piperidine rings is 1. The molecule has 1 saturated heterocycles. The van der Waals surface area contributed by atoms with E-state index in [1.807, 2.05) is 49.2 Å². The van der Waals surface area contributed by atoms with Gasteiger partial charge in [-0.25, -0.2) is 4.99 Å².